The lowest BCUT2D eigenvalue weighted by molar-refractivity contribution is 0.476. The number of hydrogen-bond donors (Lipinski definition) is 2. The monoisotopic (exact) mass is 237 g/mol. The number of sulfone groups is 1. The molecule has 0 saturated heterocycles. The molecule has 0 saturated carbocycles. The van der Waals surface area contributed by atoms with Crippen LogP contribution in [0.15, 0.2) is 18.2 Å². The van der Waals surface area contributed by atoms with Crippen molar-refractivity contribution in [1.82, 2.24) is 4.98 Å². The fourth-order valence-electron chi connectivity index (χ4n) is 2.22. The Labute approximate surface area is 92.8 Å². The van der Waals surface area contributed by atoms with Crippen molar-refractivity contribution < 1.29 is 13.5 Å². The maximum Gasteiger partial charge on any atom is 0.154 e. The summed E-state index contributed by atoms with van der Waals surface area (Å²) in [5.41, 5.74) is 2.69. The number of hydrogen-bond acceptors (Lipinski definition) is 3. The molecule has 4 nitrogen and oxygen atoms in total. The van der Waals surface area contributed by atoms with Crippen molar-refractivity contribution in [3.63, 3.8) is 0 Å². The highest BCUT2D eigenvalue weighted by Gasteiger charge is 2.24. The predicted octanol–water partition coefficient (Wildman–Crippen LogP) is 1.34. The molecule has 1 aliphatic rings. The van der Waals surface area contributed by atoms with E-state index in [1.807, 2.05) is 0 Å². The zero-order valence-electron chi connectivity index (χ0n) is 8.53. The lowest BCUT2D eigenvalue weighted by Gasteiger charge is -2.11. The molecule has 0 bridgehead atoms. The first-order valence-electron chi connectivity index (χ1n) is 5.08. The first-order valence-corrected chi connectivity index (χ1v) is 6.90. The summed E-state index contributed by atoms with van der Waals surface area (Å²) in [6, 6.07) is 4.99. The fourth-order valence-corrected chi connectivity index (χ4v) is 3.65. The van der Waals surface area contributed by atoms with Crippen molar-refractivity contribution in [3.05, 3.63) is 29.5 Å². The van der Waals surface area contributed by atoms with E-state index in [2.05, 4.69) is 4.98 Å². The van der Waals surface area contributed by atoms with Gasteiger partial charge in [-0.2, -0.15) is 0 Å². The molecule has 0 spiro atoms. The molecule has 1 aromatic heterocycles. The number of fused-ring (bicyclic) bond motifs is 3. The first kappa shape index (κ1) is 9.72. The molecule has 0 amide bonds. The van der Waals surface area contributed by atoms with Gasteiger partial charge in [-0.15, -0.1) is 0 Å². The smallest absolute Gasteiger partial charge is 0.154 e. The molecule has 5 heteroatoms. The van der Waals surface area contributed by atoms with Crippen LogP contribution in [0, 0.1) is 0 Å². The van der Waals surface area contributed by atoms with Gasteiger partial charge < -0.3 is 10.1 Å². The largest absolute Gasteiger partial charge is 0.508 e. The normalized spacial score (nSPS) is 18.5. The Morgan fingerprint density at radius 2 is 2.12 bits per heavy atom. The van der Waals surface area contributed by atoms with Gasteiger partial charge >= 0.3 is 0 Å². The number of aryl methyl sites for hydroxylation is 1. The number of aromatic amines is 1. The van der Waals surface area contributed by atoms with Crippen LogP contribution in [0.2, 0.25) is 0 Å². The SMILES string of the molecule is O=S1(=O)CCc2[nH]c3ccc(O)cc3c2C1. The van der Waals surface area contributed by atoms with Gasteiger partial charge in [-0.25, -0.2) is 8.42 Å². The molecule has 84 valence electrons. The highest BCUT2D eigenvalue weighted by molar-refractivity contribution is 7.90. The Balaban J connectivity index is 2.31. The van der Waals surface area contributed by atoms with Crippen LogP contribution in [-0.4, -0.2) is 24.3 Å². The molecule has 0 atom stereocenters. The van der Waals surface area contributed by atoms with Crippen LogP contribution in [-0.2, 0) is 22.0 Å². The van der Waals surface area contributed by atoms with E-state index in [0.717, 1.165) is 22.2 Å². The summed E-state index contributed by atoms with van der Waals surface area (Å²) in [6.07, 6.45) is 0.535. The van der Waals surface area contributed by atoms with Crippen LogP contribution < -0.4 is 0 Å². The quantitative estimate of drug-likeness (QED) is 0.726. The zero-order chi connectivity index (χ0) is 11.3. The van der Waals surface area contributed by atoms with Crippen LogP contribution in [0.4, 0.5) is 0 Å². The Morgan fingerprint density at radius 1 is 1.31 bits per heavy atom. The minimum absolute atomic E-state index is 0.0752. The second-order valence-electron chi connectivity index (χ2n) is 4.15. The van der Waals surface area contributed by atoms with Crippen LogP contribution in [0.5, 0.6) is 5.75 Å². The summed E-state index contributed by atoms with van der Waals surface area (Å²) in [5, 5.41) is 10.2. The van der Waals surface area contributed by atoms with Gasteiger partial charge in [0.15, 0.2) is 9.84 Å². The van der Waals surface area contributed by atoms with Gasteiger partial charge in [-0.05, 0) is 23.8 Å². The first-order chi connectivity index (χ1) is 7.55. The standard InChI is InChI=1S/C11H11NO3S/c13-7-1-2-10-8(5-7)9-6-16(14,15)4-3-11(9)12-10/h1-2,5,12-13H,3-4,6H2. The number of phenols is 1. The zero-order valence-corrected chi connectivity index (χ0v) is 9.34. The number of rotatable bonds is 0. The summed E-state index contributed by atoms with van der Waals surface area (Å²) < 4.78 is 23.1. The minimum atomic E-state index is -2.97. The highest BCUT2D eigenvalue weighted by atomic mass is 32.2. The van der Waals surface area contributed by atoms with Gasteiger partial charge in [-0.3, -0.25) is 0 Å². The highest BCUT2D eigenvalue weighted by Crippen LogP contribution is 2.30. The molecular formula is C11H11NO3S. The molecule has 3 rings (SSSR count). The number of phenolic OH excluding ortho intramolecular Hbond substituents is 1. The molecule has 0 unspecified atom stereocenters. The van der Waals surface area contributed by atoms with Crippen molar-refractivity contribution >= 4 is 20.7 Å². The van der Waals surface area contributed by atoms with Crippen molar-refractivity contribution in [1.29, 1.82) is 0 Å². The molecule has 2 N–H and O–H groups in total. The summed E-state index contributed by atoms with van der Waals surface area (Å²) in [7, 11) is -2.97. The third-order valence-electron chi connectivity index (χ3n) is 3.01. The molecule has 0 fully saturated rings. The third kappa shape index (κ3) is 1.39. The Kier molecular flexibility index (Phi) is 1.83. The van der Waals surface area contributed by atoms with Crippen LogP contribution in [0.25, 0.3) is 10.9 Å². The average molecular weight is 237 g/mol. The van der Waals surface area contributed by atoms with Crippen LogP contribution in [0.3, 0.4) is 0 Å². The van der Waals surface area contributed by atoms with Crippen LogP contribution in [0.1, 0.15) is 11.3 Å². The summed E-state index contributed by atoms with van der Waals surface area (Å²) >= 11 is 0. The van der Waals surface area contributed by atoms with Gasteiger partial charge in [0.05, 0.1) is 11.5 Å². The van der Waals surface area contributed by atoms with Gasteiger partial charge in [0, 0.05) is 23.0 Å². The average Bonchev–Trinajstić information content (AvgIpc) is 2.55. The molecular weight excluding hydrogens is 226 g/mol. The molecule has 0 radical (unpaired) electrons. The van der Waals surface area contributed by atoms with E-state index < -0.39 is 9.84 Å². The Bertz CT molecular complexity index is 670. The lowest BCUT2D eigenvalue weighted by Crippen LogP contribution is -2.18. The molecule has 16 heavy (non-hydrogen) atoms. The van der Waals surface area contributed by atoms with E-state index >= 15 is 0 Å². The lowest BCUT2D eigenvalue weighted by atomic mass is 10.1. The Morgan fingerprint density at radius 3 is 2.94 bits per heavy atom. The molecule has 1 aromatic carbocycles. The van der Waals surface area contributed by atoms with Gasteiger partial charge in [0.1, 0.15) is 5.75 Å². The van der Waals surface area contributed by atoms with Crippen molar-refractivity contribution in [2.45, 2.75) is 12.2 Å². The second kappa shape index (κ2) is 3.01. The maximum atomic E-state index is 11.6. The van der Waals surface area contributed by atoms with Crippen molar-refractivity contribution in [3.8, 4) is 5.75 Å². The second-order valence-corrected chi connectivity index (χ2v) is 6.34. The predicted molar refractivity (Wildman–Crippen MR) is 61.2 cm³/mol. The molecule has 2 aromatic rings. The van der Waals surface area contributed by atoms with Gasteiger partial charge in [-0.1, -0.05) is 0 Å². The van der Waals surface area contributed by atoms with E-state index in [-0.39, 0.29) is 17.3 Å². The number of nitrogens with one attached hydrogen (secondary N) is 1. The maximum absolute atomic E-state index is 11.6. The van der Waals surface area contributed by atoms with Gasteiger partial charge in [0.25, 0.3) is 0 Å². The number of benzene rings is 1. The van der Waals surface area contributed by atoms with E-state index in [4.69, 9.17) is 0 Å². The molecule has 0 aliphatic carbocycles. The number of aromatic nitrogens is 1. The van der Waals surface area contributed by atoms with E-state index in [1.54, 1.807) is 18.2 Å². The van der Waals surface area contributed by atoms with Gasteiger partial charge in [0.2, 0.25) is 0 Å². The van der Waals surface area contributed by atoms with E-state index in [0.29, 0.717) is 6.42 Å². The summed E-state index contributed by atoms with van der Waals surface area (Å²) in [6.45, 7) is 0. The minimum Gasteiger partial charge on any atom is -0.508 e. The van der Waals surface area contributed by atoms with Crippen molar-refractivity contribution in [2.75, 3.05) is 5.75 Å². The third-order valence-corrected chi connectivity index (χ3v) is 4.56. The van der Waals surface area contributed by atoms with Crippen LogP contribution >= 0.6 is 0 Å². The summed E-state index contributed by atoms with van der Waals surface area (Å²) in [4.78, 5) is 3.21. The van der Waals surface area contributed by atoms with Crippen molar-refractivity contribution in [2.24, 2.45) is 0 Å². The van der Waals surface area contributed by atoms with E-state index in [1.165, 1.54) is 0 Å². The molecule has 2 heterocycles. The molecule has 1 aliphatic heterocycles. The number of H-pyrrole nitrogens is 1. The Hall–Kier alpha value is -1.49. The fraction of sp³-hybridized carbons (Fsp3) is 0.273. The summed E-state index contributed by atoms with van der Waals surface area (Å²) in [5.74, 6) is 0.446. The number of aromatic hydroxyl groups is 1. The topological polar surface area (TPSA) is 70.2 Å². The van der Waals surface area contributed by atoms with E-state index in [9.17, 15) is 13.5 Å².